The highest BCUT2D eigenvalue weighted by Crippen LogP contribution is 2.20. The molecule has 0 spiro atoms. The van der Waals surface area contributed by atoms with Crippen LogP contribution in [0.3, 0.4) is 0 Å². The van der Waals surface area contributed by atoms with Crippen LogP contribution in [-0.4, -0.2) is 13.2 Å². The Morgan fingerprint density at radius 2 is 1.35 bits per heavy atom. The lowest BCUT2D eigenvalue weighted by molar-refractivity contribution is 0.334. The van der Waals surface area contributed by atoms with E-state index in [1.54, 1.807) is 0 Å². The van der Waals surface area contributed by atoms with Gasteiger partial charge in [-0.15, -0.1) is 0 Å². The Kier molecular flexibility index (Phi) is 7.56. The number of hydrogen-bond donors (Lipinski definition) is 0. The van der Waals surface area contributed by atoms with Crippen molar-refractivity contribution in [1.29, 1.82) is 0 Å². The number of ether oxygens (including phenoxy) is 2. The van der Waals surface area contributed by atoms with E-state index in [9.17, 15) is 0 Å². The summed E-state index contributed by atoms with van der Waals surface area (Å²) in [5, 5.41) is 0. The first-order valence-electron chi connectivity index (χ1n) is 7.32. The molecular formula is C18H26O2. The SMILES string of the molecule is CCC=C(C)COc1cccc(OCC(C)=CCC)c1. The molecule has 1 aromatic carbocycles. The summed E-state index contributed by atoms with van der Waals surface area (Å²) in [4.78, 5) is 0. The summed E-state index contributed by atoms with van der Waals surface area (Å²) in [6, 6.07) is 7.82. The smallest absolute Gasteiger partial charge is 0.123 e. The third-order valence-electron chi connectivity index (χ3n) is 2.84. The van der Waals surface area contributed by atoms with E-state index in [0.717, 1.165) is 24.3 Å². The Hall–Kier alpha value is -1.70. The molecule has 110 valence electrons. The summed E-state index contributed by atoms with van der Waals surface area (Å²) in [5.41, 5.74) is 2.50. The third kappa shape index (κ3) is 6.46. The minimum atomic E-state index is 0.631. The summed E-state index contributed by atoms with van der Waals surface area (Å²) < 4.78 is 11.5. The molecule has 1 aromatic rings. The van der Waals surface area contributed by atoms with E-state index in [4.69, 9.17) is 9.47 Å². The van der Waals surface area contributed by atoms with Gasteiger partial charge in [0.25, 0.3) is 0 Å². The maximum atomic E-state index is 5.75. The topological polar surface area (TPSA) is 18.5 Å². The summed E-state index contributed by atoms with van der Waals surface area (Å²) in [6.45, 7) is 9.69. The molecule has 0 saturated carbocycles. The molecule has 0 atom stereocenters. The van der Waals surface area contributed by atoms with Crippen molar-refractivity contribution in [3.63, 3.8) is 0 Å². The van der Waals surface area contributed by atoms with Gasteiger partial charge in [0.1, 0.15) is 24.7 Å². The van der Waals surface area contributed by atoms with Gasteiger partial charge in [-0.1, -0.05) is 32.1 Å². The molecule has 0 aliphatic carbocycles. The van der Waals surface area contributed by atoms with Crippen LogP contribution in [0.5, 0.6) is 11.5 Å². The van der Waals surface area contributed by atoms with E-state index in [1.807, 2.05) is 24.3 Å². The molecule has 0 fully saturated rings. The second-order valence-corrected chi connectivity index (χ2v) is 4.97. The normalized spacial score (nSPS) is 12.4. The first-order valence-corrected chi connectivity index (χ1v) is 7.32. The van der Waals surface area contributed by atoms with Crippen molar-refractivity contribution < 1.29 is 9.47 Å². The predicted octanol–water partition coefficient (Wildman–Crippen LogP) is 5.16. The Morgan fingerprint density at radius 3 is 1.75 bits per heavy atom. The van der Waals surface area contributed by atoms with Crippen molar-refractivity contribution >= 4 is 0 Å². The Balaban J connectivity index is 2.53. The van der Waals surface area contributed by atoms with E-state index in [1.165, 1.54) is 11.1 Å². The van der Waals surface area contributed by atoms with Crippen molar-refractivity contribution in [3.05, 3.63) is 47.6 Å². The van der Waals surface area contributed by atoms with Crippen molar-refractivity contribution in [2.75, 3.05) is 13.2 Å². The van der Waals surface area contributed by atoms with Crippen LogP contribution in [0, 0.1) is 0 Å². The molecular weight excluding hydrogens is 248 g/mol. The number of allylic oxidation sites excluding steroid dienone is 2. The van der Waals surface area contributed by atoms with E-state index in [2.05, 4.69) is 39.8 Å². The first kappa shape index (κ1) is 16.4. The molecule has 0 aliphatic rings. The third-order valence-corrected chi connectivity index (χ3v) is 2.84. The quantitative estimate of drug-likeness (QED) is 0.610. The number of hydrogen-bond acceptors (Lipinski definition) is 2. The second kappa shape index (κ2) is 9.24. The van der Waals surface area contributed by atoms with Gasteiger partial charge >= 0.3 is 0 Å². The van der Waals surface area contributed by atoms with Gasteiger partial charge in [0.15, 0.2) is 0 Å². The highest BCUT2D eigenvalue weighted by atomic mass is 16.5. The lowest BCUT2D eigenvalue weighted by Crippen LogP contribution is -2.01. The first-order chi connectivity index (χ1) is 9.65. The van der Waals surface area contributed by atoms with E-state index >= 15 is 0 Å². The number of benzene rings is 1. The lowest BCUT2D eigenvalue weighted by Gasteiger charge is -2.10. The fraction of sp³-hybridized carbons (Fsp3) is 0.444. The summed E-state index contributed by atoms with van der Waals surface area (Å²) in [6.07, 6.45) is 6.45. The highest BCUT2D eigenvalue weighted by Gasteiger charge is 1.99. The zero-order chi connectivity index (χ0) is 14.8. The molecule has 0 radical (unpaired) electrons. The van der Waals surface area contributed by atoms with E-state index in [-0.39, 0.29) is 0 Å². The fourth-order valence-corrected chi connectivity index (χ4v) is 1.86. The minimum absolute atomic E-state index is 0.631. The van der Waals surface area contributed by atoms with Crippen molar-refractivity contribution in [2.45, 2.75) is 40.5 Å². The van der Waals surface area contributed by atoms with Crippen LogP contribution in [0.2, 0.25) is 0 Å². The van der Waals surface area contributed by atoms with Crippen LogP contribution in [0.25, 0.3) is 0 Å². The molecule has 1 rings (SSSR count). The predicted molar refractivity (Wildman–Crippen MR) is 85.5 cm³/mol. The van der Waals surface area contributed by atoms with Gasteiger partial charge in [0, 0.05) is 6.07 Å². The van der Waals surface area contributed by atoms with Gasteiger partial charge < -0.3 is 9.47 Å². The summed E-state index contributed by atoms with van der Waals surface area (Å²) in [7, 11) is 0. The zero-order valence-corrected chi connectivity index (χ0v) is 13.1. The maximum Gasteiger partial charge on any atom is 0.123 e. The molecule has 0 aromatic heterocycles. The van der Waals surface area contributed by atoms with E-state index in [0.29, 0.717) is 13.2 Å². The van der Waals surface area contributed by atoms with Crippen molar-refractivity contribution in [1.82, 2.24) is 0 Å². The van der Waals surface area contributed by atoms with Gasteiger partial charge in [0.2, 0.25) is 0 Å². The Labute approximate surface area is 123 Å². The minimum Gasteiger partial charge on any atom is -0.489 e. The van der Waals surface area contributed by atoms with Gasteiger partial charge in [-0.2, -0.15) is 0 Å². The zero-order valence-electron chi connectivity index (χ0n) is 13.1. The molecule has 0 N–H and O–H groups in total. The molecule has 0 bridgehead atoms. The molecule has 0 aliphatic heterocycles. The van der Waals surface area contributed by atoms with Crippen molar-refractivity contribution in [3.8, 4) is 11.5 Å². The van der Waals surface area contributed by atoms with Crippen LogP contribution in [0.15, 0.2) is 47.6 Å². The Bertz CT molecular complexity index is 419. The Morgan fingerprint density at radius 1 is 0.900 bits per heavy atom. The standard InChI is InChI=1S/C18H26O2/c1-5-8-15(3)13-19-17-10-7-11-18(12-17)20-14-16(4)9-6-2/h7-12H,5-6,13-14H2,1-4H3. The maximum absolute atomic E-state index is 5.75. The fourth-order valence-electron chi connectivity index (χ4n) is 1.86. The number of rotatable bonds is 8. The molecule has 0 heterocycles. The molecule has 2 heteroatoms. The van der Waals surface area contributed by atoms with E-state index < -0.39 is 0 Å². The average molecular weight is 274 g/mol. The molecule has 20 heavy (non-hydrogen) atoms. The molecule has 0 unspecified atom stereocenters. The summed E-state index contributed by atoms with van der Waals surface area (Å²) >= 11 is 0. The second-order valence-electron chi connectivity index (χ2n) is 4.97. The van der Waals surface area contributed by atoms with Crippen LogP contribution >= 0.6 is 0 Å². The van der Waals surface area contributed by atoms with Gasteiger partial charge in [-0.3, -0.25) is 0 Å². The van der Waals surface area contributed by atoms with Gasteiger partial charge in [0.05, 0.1) is 0 Å². The van der Waals surface area contributed by atoms with Crippen LogP contribution in [-0.2, 0) is 0 Å². The van der Waals surface area contributed by atoms with Crippen LogP contribution in [0.1, 0.15) is 40.5 Å². The highest BCUT2D eigenvalue weighted by molar-refractivity contribution is 5.33. The summed E-state index contributed by atoms with van der Waals surface area (Å²) in [5.74, 6) is 1.70. The largest absolute Gasteiger partial charge is 0.489 e. The van der Waals surface area contributed by atoms with Crippen LogP contribution < -0.4 is 9.47 Å². The lowest BCUT2D eigenvalue weighted by atomic mass is 10.2. The van der Waals surface area contributed by atoms with Crippen molar-refractivity contribution in [2.24, 2.45) is 0 Å². The molecule has 2 nitrogen and oxygen atoms in total. The van der Waals surface area contributed by atoms with Gasteiger partial charge in [-0.05, 0) is 50.0 Å². The molecule has 0 saturated heterocycles. The average Bonchev–Trinajstić information content (AvgIpc) is 2.44. The monoisotopic (exact) mass is 274 g/mol. The molecule has 0 amide bonds. The van der Waals surface area contributed by atoms with Crippen LogP contribution in [0.4, 0.5) is 0 Å². The van der Waals surface area contributed by atoms with Gasteiger partial charge in [-0.25, -0.2) is 0 Å².